The van der Waals surface area contributed by atoms with E-state index in [-0.39, 0.29) is 12.0 Å². The van der Waals surface area contributed by atoms with Crippen molar-refractivity contribution in [2.45, 2.75) is 46.1 Å². The zero-order valence-corrected chi connectivity index (χ0v) is 21.3. The fourth-order valence-corrected chi connectivity index (χ4v) is 4.48. The summed E-state index contributed by atoms with van der Waals surface area (Å²) in [5, 5.41) is 3.22. The fourth-order valence-electron chi connectivity index (χ4n) is 3.91. The normalized spacial score (nSPS) is 11.8. The molecule has 0 saturated heterocycles. The molecule has 3 N–H and O–H groups in total. The zero-order valence-electron chi connectivity index (χ0n) is 20.4. The molecule has 190 valence electrons. The summed E-state index contributed by atoms with van der Waals surface area (Å²) in [4.78, 5) is 17.9. The molecule has 1 aromatic heterocycles. The second kappa shape index (κ2) is 13.0. The van der Waals surface area contributed by atoms with Crippen molar-refractivity contribution in [3.63, 3.8) is 0 Å². The molecule has 3 aromatic rings. The van der Waals surface area contributed by atoms with Crippen molar-refractivity contribution in [1.29, 1.82) is 0 Å². The number of rotatable bonds is 14. The van der Waals surface area contributed by atoms with Crippen LogP contribution < -0.4 is 10.1 Å². The van der Waals surface area contributed by atoms with Gasteiger partial charge in [0.2, 0.25) is 0 Å². The Morgan fingerprint density at radius 2 is 1.89 bits per heavy atom. The molecule has 0 amide bonds. The van der Waals surface area contributed by atoms with E-state index in [9.17, 15) is 8.96 Å². The minimum absolute atomic E-state index is 0.123. The van der Waals surface area contributed by atoms with Crippen molar-refractivity contribution < 1.29 is 27.9 Å². The highest BCUT2D eigenvalue weighted by atomic mass is 31.2. The molecule has 0 aliphatic heterocycles. The van der Waals surface area contributed by atoms with E-state index in [0.717, 1.165) is 52.8 Å². The lowest BCUT2D eigenvalue weighted by Gasteiger charge is -2.13. The number of hydrogen-bond acceptors (Lipinski definition) is 4. The van der Waals surface area contributed by atoms with E-state index in [1.54, 1.807) is 18.6 Å². The van der Waals surface area contributed by atoms with E-state index < -0.39 is 7.60 Å². The van der Waals surface area contributed by atoms with Gasteiger partial charge in [0, 0.05) is 17.7 Å². The topological polar surface area (TPSA) is 91.9 Å². The van der Waals surface area contributed by atoms with Crippen LogP contribution in [0.15, 0.2) is 59.4 Å². The van der Waals surface area contributed by atoms with E-state index in [1.807, 2.05) is 36.4 Å². The van der Waals surface area contributed by atoms with Crippen LogP contribution in [0.2, 0.25) is 0 Å². The van der Waals surface area contributed by atoms with Crippen LogP contribution in [0.5, 0.6) is 5.75 Å². The molecule has 35 heavy (non-hydrogen) atoms. The second-order valence-electron chi connectivity index (χ2n) is 9.24. The van der Waals surface area contributed by atoms with Gasteiger partial charge >= 0.3 is 7.60 Å². The maximum absolute atomic E-state index is 14.3. The quantitative estimate of drug-likeness (QED) is 0.186. The van der Waals surface area contributed by atoms with Crippen LogP contribution in [0.1, 0.15) is 43.4 Å². The Balaban J connectivity index is 1.55. The largest absolute Gasteiger partial charge is 0.493 e. The maximum Gasteiger partial charge on any atom is 0.325 e. The summed E-state index contributed by atoms with van der Waals surface area (Å²) >= 11 is 0. The van der Waals surface area contributed by atoms with Gasteiger partial charge in [0.05, 0.1) is 25.3 Å². The number of hydrogen-bond donors (Lipinski definition) is 3. The van der Waals surface area contributed by atoms with Crippen molar-refractivity contribution in [2.24, 2.45) is 5.92 Å². The second-order valence-corrected chi connectivity index (χ2v) is 11.0. The van der Waals surface area contributed by atoms with Gasteiger partial charge in [0.25, 0.3) is 0 Å². The van der Waals surface area contributed by atoms with E-state index >= 15 is 0 Å². The highest BCUT2D eigenvalue weighted by molar-refractivity contribution is 7.51. The first-order valence-electron chi connectivity index (χ1n) is 12.0. The molecule has 0 radical (unpaired) electrons. The maximum atomic E-state index is 14.3. The molecule has 0 spiro atoms. The molecule has 0 saturated carbocycles. The third-order valence-electron chi connectivity index (χ3n) is 5.62. The highest BCUT2D eigenvalue weighted by Crippen LogP contribution is 2.34. The predicted molar refractivity (Wildman–Crippen MR) is 136 cm³/mol. The summed E-state index contributed by atoms with van der Waals surface area (Å²) in [7, 11) is -3.95. The number of nitrogens with one attached hydrogen (secondary N) is 1. The third kappa shape index (κ3) is 9.26. The number of aryl methyl sites for hydroxylation is 1. The smallest absolute Gasteiger partial charge is 0.325 e. The van der Waals surface area contributed by atoms with Gasteiger partial charge in [0.1, 0.15) is 11.6 Å². The van der Waals surface area contributed by atoms with Gasteiger partial charge in [-0.2, -0.15) is 0 Å². The molecule has 0 fully saturated rings. The van der Waals surface area contributed by atoms with Crippen molar-refractivity contribution in [3.05, 3.63) is 77.5 Å². The molecule has 6 nitrogen and oxygen atoms in total. The molecule has 0 bridgehead atoms. The van der Waals surface area contributed by atoms with Crippen LogP contribution in [-0.2, 0) is 24.0 Å². The summed E-state index contributed by atoms with van der Waals surface area (Å²) in [6, 6.07) is 13.3. The first-order chi connectivity index (χ1) is 16.7. The molecule has 2 aromatic carbocycles. The molecule has 8 heteroatoms. The van der Waals surface area contributed by atoms with Gasteiger partial charge in [-0.1, -0.05) is 32.0 Å². The average Bonchev–Trinajstić information content (AvgIpc) is 3.32. The molecular formula is C27H35FNO5P. The fraction of sp³-hybridized carbons (Fsp3) is 0.407. The van der Waals surface area contributed by atoms with Crippen molar-refractivity contribution in [2.75, 3.05) is 19.3 Å². The minimum atomic E-state index is -3.95. The van der Waals surface area contributed by atoms with Crippen molar-refractivity contribution >= 4 is 7.60 Å². The first-order valence-corrected chi connectivity index (χ1v) is 13.8. The van der Waals surface area contributed by atoms with Crippen molar-refractivity contribution in [1.82, 2.24) is 5.32 Å². The van der Waals surface area contributed by atoms with E-state index in [4.69, 9.17) is 18.9 Å². The summed E-state index contributed by atoms with van der Waals surface area (Å²) < 4.78 is 36.6. The Labute approximate surface area is 206 Å². The van der Waals surface area contributed by atoms with Gasteiger partial charge in [-0.05, 0) is 79.1 Å². The van der Waals surface area contributed by atoms with E-state index in [0.29, 0.717) is 32.0 Å². The van der Waals surface area contributed by atoms with Crippen LogP contribution in [0.3, 0.4) is 0 Å². The Hall–Kier alpha value is -2.44. The summed E-state index contributed by atoms with van der Waals surface area (Å²) in [5.41, 5.74) is 4.58. The summed E-state index contributed by atoms with van der Waals surface area (Å²) in [6.07, 6.45) is 5.80. The van der Waals surface area contributed by atoms with Crippen LogP contribution >= 0.6 is 7.60 Å². The molecule has 0 atom stereocenters. The Morgan fingerprint density at radius 3 is 2.57 bits per heavy atom. The molecule has 0 aliphatic rings. The number of halogens is 1. The van der Waals surface area contributed by atoms with Gasteiger partial charge in [-0.3, -0.25) is 4.57 Å². The van der Waals surface area contributed by atoms with Crippen LogP contribution in [0, 0.1) is 11.7 Å². The number of benzene rings is 2. The van der Waals surface area contributed by atoms with E-state index in [1.165, 1.54) is 0 Å². The Kier molecular flexibility index (Phi) is 10.1. The summed E-state index contributed by atoms with van der Waals surface area (Å²) in [5.74, 6) is 1.03. The molecular weight excluding hydrogens is 468 g/mol. The lowest BCUT2D eigenvalue weighted by atomic mass is 10.00. The first kappa shape index (κ1) is 27.2. The number of ether oxygens (including phenoxy) is 1. The van der Waals surface area contributed by atoms with E-state index in [2.05, 4.69) is 19.2 Å². The van der Waals surface area contributed by atoms with Crippen LogP contribution in [0.25, 0.3) is 11.1 Å². The van der Waals surface area contributed by atoms with Gasteiger partial charge in [-0.15, -0.1) is 0 Å². The van der Waals surface area contributed by atoms with Gasteiger partial charge in [-0.25, -0.2) is 4.39 Å². The molecule has 0 unspecified atom stereocenters. The molecule has 3 rings (SSSR count). The Bertz CT molecular complexity index is 1110. The third-order valence-corrected chi connectivity index (χ3v) is 6.52. The van der Waals surface area contributed by atoms with Crippen LogP contribution in [0.4, 0.5) is 4.39 Å². The predicted octanol–water partition coefficient (Wildman–Crippen LogP) is 5.95. The lowest BCUT2D eigenvalue weighted by molar-refractivity contribution is 0.312. The Morgan fingerprint density at radius 1 is 1.09 bits per heavy atom. The number of furan rings is 1. The van der Waals surface area contributed by atoms with Gasteiger partial charge in [0.15, 0.2) is 0 Å². The van der Waals surface area contributed by atoms with Crippen molar-refractivity contribution in [3.8, 4) is 16.9 Å². The zero-order chi connectivity index (χ0) is 25.3. The average molecular weight is 504 g/mol. The monoisotopic (exact) mass is 503 g/mol. The highest BCUT2D eigenvalue weighted by Gasteiger charge is 2.12. The van der Waals surface area contributed by atoms with Crippen LogP contribution in [-0.4, -0.2) is 29.1 Å². The SMILES string of the molecule is CC(C)Cc1ccc(CCCOc2ccc(CNCCCP(=O)(O)O)cc2-c2ccoc2)cc1F. The van der Waals surface area contributed by atoms with Gasteiger partial charge < -0.3 is 24.3 Å². The minimum Gasteiger partial charge on any atom is -0.493 e. The molecule has 1 heterocycles. The standard InChI is InChI=1S/C27H35FNO5P/c1-20(2)15-23-8-6-21(17-26(23)28)5-3-12-34-27-9-7-22(16-25(27)24-10-13-33-19-24)18-29-11-4-14-35(30,31)32/h6-10,13,16-17,19-20,29H,3-5,11-12,14-15,18H2,1-2H3,(H2,30,31,32). The lowest BCUT2D eigenvalue weighted by Crippen LogP contribution is -2.16. The summed E-state index contributed by atoms with van der Waals surface area (Å²) in [6.45, 7) is 5.76. The molecule has 0 aliphatic carbocycles.